The number of aliphatic hydroxyl groups excluding tert-OH is 2. The number of carbonyl (C=O) groups is 1. The van der Waals surface area contributed by atoms with E-state index in [1.165, 1.54) is 6.92 Å². The fraction of sp³-hybridized carbons (Fsp3) is 0.889. The standard InChI is InChI=1S/C9H16O5/c1-5-7(13-6(2)11)3-9(12)14-8(5)4-10/h5,7-10,12H,3-4H2,1-2H3. The molecule has 4 unspecified atom stereocenters. The largest absolute Gasteiger partial charge is 0.462 e. The first-order valence-corrected chi connectivity index (χ1v) is 4.66. The van der Waals surface area contributed by atoms with Crippen LogP contribution in [0.2, 0.25) is 0 Å². The van der Waals surface area contributed by atoms with Crippen molar-refractivity contribution < 1.29 is 24.5 Å². The second-order valence-electron chi connectivity index (χ2n) is 3.55. The Morgan fingerprint density at radius 1 is 1.64 bits per heavy atom. The van der Waals surface area contributed by atoms with E-state index < -0.39 is 12.4 Å². The van der Waals surface area contributed by atoms with E-state index in [1.54, 1.807) is 0 Å². The van der Waals surface area contributed by atoms with Crippen LogP contribution in [0, 0.1) is 5.92 Å². The van der Waals surface area contributed by atoms with Crippen molar-refractivity contribution in [1.82, 2.24) is 0 Å². The minimum atomic E-state index is -0.965. The quantitative estimate of drug-likeness (QED) is 0.601. The van der Waals surface area contributed by atoms with Gasteiger partial charge < -0.3 is 19.7 Å². The maximum absolute atomic E-state index is 10.8. The Morgan fingerprint density at radius 3 is 2.79 bits per heavy atom. The molecular formula is C9H16O5. The number of carbonyl (C=O) groups excluding carboxylic acids is 1. The topological polar surface area (TPSA) is 76.0 Å². The Bertz CT molecular complexity index is 205. The van der Waals surface area contributed by atoms with Gasteiger partial charge in [0.05, 0.1) is 12.7 Å². The van der Waals surface area contributed by atoms with Gasteiger partial charge in [0, 0.05) is 19.3 Å². The fourth-order valence-corrected chi connectivity index (χ4v) is 1.61. The molecule has 0 aliphatic carbocycles. The van der Waals surface area contributed by atoms with Crippen LogP contribution in [0.3, 0.4) is 0 Å². The number of hydrogen-bond donors (Lipinski definition) is 2. The molecule has 0 radical (unpaired) electrons. The third-order valence-corrected chi connectivity index (χ3v) is 2.44. The van der Waals surface area contributed by atoms with Gasteiger partial charge in [-0.25, -0.2) is 0 Å². The van der Waals surface area contributed by atoms with Crippen molar-refractivity contribution in [2.75, 3.05) is 6.61 Å². The molecule has 5 heteroatoms. The predicted molar refractivity (Wildman–Crippen MR) is 47.3 cm³/mol. The Balaban J connectivity index is 2.59. The summed E-state index contributed by atoms with van der Waals surface area (Å²) in [5, 5.41) is 18.2. The summed E-state index contributed by atoms with van der Waals surface area (Å²) in [5.41, 5.74) is 0. The zero-order valence-corrected chi connectivity index (χ0v) is 8.34. The smallest absolute Gasteiger partial charge is 0.302 e. The number of hydrogen-bond acceptors (Lipinski definition) is 5. The lowest BCUT2D eigenvalue weighted by Crippen LogP contribution is -2.46. The van der Waals surface area contributed by atoms with Crippen LogP contribution in [0.4, 0.5) is 0 Å². The van der Waals surface area contributed by atoms with Gasteiger partial charge in [-0.05, 0) is 0 Å². The first-order chi connectivity index (χ1) is 6.54. The third kappa shape index (κ3) is 2.67. The molecule has 0 aromatic rings. The van der Waals surface area contributed by atoms with Crippen LogP contribution in [-0.4, -0.2) is 41.3 Å². The molecule has 2 N–H and O–H groups in total. The highest BCUT2D eigenvalue weighted by atomic mass is 16.6. The van der Waals surface area contributed by atoms with Crippen molar-refractivity contribution in [2.24, 2.45) is 5.92 Å². The second kappa shape index (κ2) is 4.72. The van der Waals surface area contributed by atoms with Crippen LogP contribution in [0.5, 0.6) is 0 Å². The molecule has 0 aromatic heterocycles. The van der Waals surface area contributed by atoms with Gasteiger partial charge in [-0.1, -0.05) is 6.92 Å². The van der Waals surface area contributed by atoms with E-state index in [2.05, 4.69) is 0 Å². The van der Waals surface area contributed by atoms with Crippen LogP contribution in [0.25, 0.3) is 0 Å². The van der Waals surface area contributed by atoms with Crippen molar-refractivity contribution in [2.45, 2.75) is 38.8 Å². The average Bonchev–Trinajstić information content (AvgIpc) is 2.09. The minimum Gasteiger partial charge on any atom is -0.462 e. The van der Waals surface area contributed by atoms with E-state index in [0.29, 0.717) is 0 Å². The molecule has 14 heavy (non-hydrogen) atoms. The Morgan fingerprint density at radius 2 is 2.29 bits per heavy atom. The summed E-state index contributed by atoms with van der Waals surface area (Å²) in [6, 6.07) is 0. The molecule has 0 saturated carbocycles. The first kappa shape index (κ1) is 11.4. The van der Waals surface area contributed by atoms with Gasteiger partial charge in [0.15, 0.2) is 6.29 Å². The monoisotopic (exact) mass is 204 g/mol. The maximum Gasteiger partial charge on any atom is 0.302 e. The van der Waals surface area contributed by atoms with Gasteiger partial charge in [-0.2, -0.15) is 0 Å². The normalized spacial score (nSPS) is 38.0. The maximum atomic E-state index is 10.8. The molecule has 0 bridgehead atoms. The van der Waals surface area contributed by atoms with Crippen molar-refractivity contribution in [3.05, 3.63) is 0 Å². The minimum absolute atomic E-state index is 0.104. The Hall–Kier alpha value is -0.650. The molecular weight excluding hydrogens is 188 g/mol. The van der Waals surface area contributed by atoms with Crippen molar-refractivity contribution in [3.8, 4) is 0 Å². The van der Waals surface area contributed by atoms with E-state index in [0.717, 1.165) is 0 Å². The average molecular weight is 204 g/mol. The van der Waals surface area contributed by atoms with Crippen molar-refractivity contribution in [1.29, 1.82) is 0 Å². The molecule has 0 spiro atoms. The summed E-state index contributed by atoms with van der Waals surface area (Å²) >= 11 is 0. The number of rotatable bonds is 2. The molecule has 1 fully saturated rings. The van der Waals surface area contributed by atoms with Gasteiger partial charge in [0.1, 0.15) is 6.10 Å². The lowest BCUT2D eigenvalue weighted by molar-refractivity contribution is -0.226. The van der Waals surface area contributed by atoms with E-state index in [4.69, 9.17) is 14.6 Å². The van der Waals surface area contributed by atoms with Crippen LogP contribution >= 0.6 is 0 Å². The third-order valence-electron chi connectivity index (χ3n) is 2.44. The van der Waals surface area contributed by atoms with Gasteiger partial charge in [-0.3, -0.25) is 4.79 Å². The molecule has 1 aliphatic rings. The second-order valence-corrected chi connectivity index (χ2v) is 3.55. The van der Waals surface area contributed by atoms with Crippen LogP contribution < -0.4 is 0 Å². The van der Waals surface area contributed by atoms with Crippen molar-refractivity contribution in [3.63, 3.8) is 0 Å². The molecule has 82 valence electrons. The fourth-order valence-electron chi connectivity index (χ4n) is 1.61. The van der Waals surface area contributed by atoms with E-state index in [-0.39, 0.29) is 31.0 Å². The van der Waals surface area contributed by atoms with Crippen LogP contribution in [0.1, 0.15) is 20.3 Å². The summed E-state index contributed by atoms with van der Waals surface area (Å²) in [4.78, 5) is 10.8. The van der Waals surface area contributed by atoms with Crippen LogP contribution in [-0.2, 0) is 14.3 Å². The zero-order valence-electron chi connectivity index (χ0n) is 8.34. The molecule has 1 heterocycles. The summed E-state index contributed by atoms with van der Waals surface area (Å²) < 4.78 is 10.1. The lowest BCUT2D eigenvalue weighted by Gasteiger charge is -2.36. The van der Waals surface area contributed by atoms with Gasteiger partial charge in [-0.15, -0.1) is 0 Å². The van der Waals surface area contributed by atoms with E-state index in [9.17, 15) is 9.90 Å². The molecule has 0 aromatic carbocycles. The highest BCUT2D eigenvalue weighted by Gasteiger charge is 2.36. The van der Waals surface area contributed by atoms with E-state index in [1.807, 2.05) is 6.92 Å². The Labute approximate surface area is 82.6 Å². The molecule has 5 nitrogen and oxygen atoms in total. The first-order valence-electron chi connectivity index (χ1n) is 4.66. The van der Waals surface area contributed by atoms with Gasteiger partial charge in [0.25, 0.3) is 0 Å². The summed E-state index contributed by atoms with van der Waals surface area (Å²) in [5.74, 6) is -0.486. The summed E-state index contributed by atoms with van der Waals surface area (Å²) in [7, 11) is 0. The summed E-state index contributed by atoms with van der Waals surface area (Å²) in [6.45, 7) is 2.96. The number of esters is 1. The zero-order chi connectivity index (χ0) is 10.7. The lowest BCUT2D eigenvalue weighted by atomic mass is 9.93. The van der Waals surface area contributed by atoms with E-state index >= 15 is 0 Å². The van der Waals surface area contributed by atoms with Gasteiger partial charge >= 0.3 is 5.97 Å². The molecule has 1 saturated heterocycles. The highest BCUT2D eigenvalue weighted by Crippen LogP contribution is 2.26. The SMILES string of the molecule is CC(=O)OC1CC(O)OC(CO)C1C. The molecule has 1 rings (SSSR count). The number of ether oxygens (including phenoxy) is 2. The highest BCUT2D eigenvalue weighted by molar-refractivity contribution is 5.66. The van der Waals surface area contributed by atoms with Gasteiger partial charge in [0.2, 0.25) is 0 Å². The molecule has 0 amide bonds. The Kier molecular flexibility index (Phi) is 3.86. The summed E-state index contributed by atoms with van der Waals surface area (Å²) in [6.07, 6.45) is -1.55. The predicted octanol–water partition coefficient (Wildman–Crippen LogP) is -0.346. The number of aliphatic hydroxyl groups is 2. The molecule has 1 aliphatic heterocycles. The van der Waals surface area contributed by atoms with Crippen LogP contribution in [0.15, 0.2) is 0 Å². The molecule has 4 atom stereocenters. The van der Waals surface area contributed by atoms with Crippen molar-refractivity contribution >= 4 is 5.97 Å².